The molecule has 0 N–H and O–H groups in total. The SMILES string of the molecule is CC(=O)N1CCCN(Cc2cccnc2)CCCN(C(=O)Cc2ccccc2C)Cc2ccccc21. The first-order valence-electron chi connectivity index (χ1n) is 12.8. The van der Waals surface area contributed by atoms with Gasteiger partial charge in [-0.1, -0.05) is 48.5 Å². The maximum Gasteiger partial charge on any atom is 0.227 e. The number of fused-ring (bicyclic) bond motifs is 1. The van der Waals surface area contributed by atoms with Gasteiger partial charge in [-0.15, -0.1) is 0 Å². The molecule has 36 heavy (non-hydrogen) atoms. The van der Waals surface area contributed by atoms with Crippen molar-refractivity contribution in [1.29, 1.82) is 0 Å². The lowest BCUT2D eigenvalue weighted by Crippen LogP contribution is -2.38. The van der Waals surface area contributed by atoms with Crippen molar-refractivity contribution in [2.45, 2.75) is 46.2 Å². The Morgan fingerprint density at radius 1 is 0.889 bits per heavy atom. The van der Waals surface area contributed by atoms with Crippen LogP contribution in [0.4, 0.5) is 5.69 Å². The number of rotatable bonds is 4. The third-order valence-corrected chi connectivity index (χ3v) is 6.87. The van der Waals surface area contributed by atoms with Crippen LogP contribution in [0.25, 0.3) is 0 Å². The van der Waals surface area contributed by atoms with E-state index in [2.05, 4.69) is 28.9 Å². The summed E-state index contributed by atoms with van der Waals surface area (Å²) in [5.41, 5.74) is 5.28. The highest BCUT2D eigenvalue weighted by molar-refractivity contribution is 5.92. The minimum Gasteiger partial charge on any atom is -0.338 e. The Hall–Kier alpha value is -3.51. The van der Waals surface area contributed by atoms with E-state index >= 15 is 0 Å². The normalized spacial score (nSPS) is 15.5. The summed E-state index contributed by atoms with van der Waals surface area (Å²) in [6, 6.07) is 20.1. The maximum atomic E-state index is 13.6. The zero-order valence-corrected chi connectivity index (χ0v) is 21.4. The average molecular weight is 485 g/mol. The molecule has 0 bridgehead atoms. The van der Waals surface area contributed by atoms with E-state index < -0.39 is 0 Å². The van der Waals surface area contributed by atoms with Crippen LogP contribution in [0.1, 0.15) is 42.0 Å². The van der Waals surface area contributed by atoms with Crippen LogP contribution in [0.15, 0.2) is 73.1 Å². The lowest BCUT2D eigenvalue weighted by molar-refractivity contribution is -0.131. The van der Waals surface area contributed by atoms with Crippen LogP contribution < -0.4 is 4.90 Å². The molecule has 0 saturated carbocycles. The molecule has 0 fully saturated rings. The van der Waals surface area contributed by atoms with Gasteiger partial charge in [-0.25, -0.2) is 0 Å². The van der Waals surface area contributed by atoms with Gasteiger partial charge < -0.3 is 9.80 Å². The Labute approximate surface area is 214 Å². The van der Waals surface area contributed by atoms with Crippen molar-refractivity contribution in [3.63, 3.8) is 0 Å². The van der Waals surface area contributed by atoms with Crippen molar-refractivity contribution in [1.82, 2.24) is 14.8 Å². The summed E-state index contributed by atoms with van der Waals surface area (Å²) in [6.07, 6.45) is 5.85. The molecule has 1 aliphatic heterocycles. The minimum atomic E-state index is 0.0242. The molecule has 188 valence electrons. The number of hydrogen-bond acceptors (Lipinski definition) is 4. The predicted octanol–water partition coefficient (Wildman–Crippen LogP) is 4.61. The maximum absolute atomic E-state index is 13.6. The highest BCUT2D eigenvalue weighted by Gasteiger charge is 2.22. The van der Waals surface area contributed by atoms with Crippen molar-refractivity contribution < 1.29 is 9.59 Å². The number of carbonyl (C=O) groups is 2. The molecule has 0 aliphatic carbocycles. The smallest absolute Gasteiger partial charge is 0.227 e. The van der Waals surface area contributed by atoms with Crippen molar-refractivity contribution in [2.75, 3.05) is 31.1 Å². The number of aryl methyl sites for hydroxylation is 1. The molecule has 6 nitrogen and oxygen atoms in total. The van der Waals surface area contributed by atoms with Gasteiger partial charge in [0, 0.05) is 64.3 Å². The highest BCUT2D eigenvalue weighted by Crippen LogP contribution is 2.24. The second-order valence-electron chi connectivity index (χ2n) is 9.56. The van der Waals surface area contributed by atoms with Crippen molar-refractivity contribution in [3.8, 4) is 0 Å². The number of para-hydroxylation sites is 1. The van der Waals surface area contributed by atoms with Crippen LogP contribution in [0.5, 0.6) is 0 Å². The van der Waals surface area contributed by atoms with E-state index in [1.165, 1.54) is 5.56 Å². The second kappa shape index (κ2) is 12.5. The second-order valence-corrected chi connectivity index (χ2v) is 9.56. The van der Waals surface area contributed by atoms with E-state index in [0.29, 0.717) is 26.1 Å². The van der Waals surface area contributed by atoms with Gasteiger partial charge in [0.1, 0.15) is 0 Å². The summed E-state index contributed by atoms with van der Waals surface area (Å²) >= 11 is 0. The van der Waals surface area contributed by atoms with Gasteiger partial charge in [0.25, 0.3) is 0 Å². The fraction of sp³-hybridized carbons (Fsp3) is 0.367. The number of amides is 2. The zero-order chi connectivity index (χ0) is 25.3. The van der Waals surface area contributed by atoms with Crippen LogP contribution in [0.3, 0.4) is 0 Å². The first-order valence-corrected chi connectivity index (χ1v) is 12.8. The van der Waals surface area contributed by atoms with E-state index in [1.54, 1.807) is 13.1 Å². The number of anilines is 1. The van der Waals surface area contributed by atoms with Crippen molar-refractivity contribution >= 4 is 17.5 Å². The quantitative estimate of drug-likeness (QED) is 0.543. The van der Waals surface area contributed by atoms with Gasteiger partial charge in [0.2, 0.25) is 11.8 Å². The standard InChI is InChI=1S/C30H36N4O2/c1-24-10-3-4-12-27(24)20-30(36)33-18-8-16-32(22-26-11-7-15-31-21-26)17-9-19-34(25(2)35)29-14-6-5-13-28(29)23-33/h3-7,10-15,21H,8-9,16-20,22-23H2,1-2H3. The Bertz CT molecular complexity index is 1160. The molecule has 2 aromatic carbocycles. The summed E-state index contributed by atoms with van der Waals surface area (Å²) in [6.45, 7) is 8.04. The Balaban J connectivity index is 1.60. The molecule has 0 radical (unpaired) electrons. The fourth-order valence-corrected chi connectivity index (χ4v) is 4.89. The zero-order valence-electron chi connectivity index (χ0n) is 21.4. The Kier molecular flexibility index (Phi) is 8.85. The molecule has 2 heterocycles. The summed E-state index contributed by atoms with van der Waals surface area (Å²) < 4.78 is 0. The van der Waals surface area contributed by atoms with Crippen LogP contribution in [0, 0.1) is 6.92 Å². The van der Waals surface area contributed by atoms with Gasteiger partial charge in [-0.2, -0.15) is 0 Å². The summed E-state index contributed by atoms with van der Waals surface area (Å²) in [7, 11) is 0. The minimum absolute atomic E-state index is 0.0242. The van der Waals surface area contributed by atoms with Crippen LogP contribution in [-0.2, 0) is 29.1 Å². The average Bonchev–Trinajstić information content (AvgIpc) is 2.87. The largest absolute Gasteiger partial charge is 0.338 e. The first-order chi connectivity index (χ1) is 17.5. The van der Waals surface area contributed by atoms with Gasteiger partial charge in [-0.05, 0) is 54.2 Å². The van der Waals surface area contributed by atoms with E-state index in [-0.39, 0.29) is 11.8 Å². The number of aromatic nitrogens is 1. The lowest BCUT2D eigenvalue weighted by Gasteiger charge is -2.31. The number of nitrogens with zero attached hydrogens (tertiary/aromatic N) is 4. The third kappa shape index (κ3) is 6.79. The molecule has 1 aromatic heterocycles. The molecule has 0 spiro atoms. The summed E-state index contributed by atoms with van der Waals surface area (Å²) in [4.78, 5) is 36.7. The van der Waals surface area contributed by atoms with E-state index in [1.807, 2.05) is 64.5 Å². The van der Waals surface area contributed by atoms with E-state index in [4.69, 9.17) is 0 Å². The predicted molar refractivity (Wildman–Crippen MR) is 144 cm³/mol. The number of pyridine rings is 1. The summed E-state index contributed by atoms with van der Waals surface area (Å²) in [5.74, 6) is 0.139. The molecule has 3 aromatic rings. The molecular weight excluding hydrogens is 448 g/mol. The highest BCUT2D eigenvalue weighted by atomic mass is 16.2. The number of benzene rings is 2. The Morgan fingerprint density at radius 3 is 2.39 bits per heavy atom. The first kappa shape index (κ1) is 25.6. The number of hydrogen-bond donors (Lipinski definition) is 0. The summed E-state index contributed by atoms with van der Waals surface area (Å²) in [5, 5.41) is 0. The topological polar surface area (TPSA) is 56.8 Å². The molecule has 1 aliphatic rings. The van der Waals surface area contributed by atoms with Crippen LogP contribution >= 0.6 is 0 Å². The molecule has 4 rings (SSSR count). The molecule has 0 atom stereocenters. The van der Waals surface area contributed by atoms with E-state index in [0.717, 1.165) is 54.9 Å². The van der Waals surface area contributed by atoms with Gasteiger partial charge in [0.15, 0.2) is 0 Å². The fourth-order valence-electron chi connectivity index (χ4n) is 4.89. The van der Waals surface area contributed by atoms with Gasteiger partial charge in [0.05, 0.1) is 6.42 Å². The van der Waals surface area contributed by atoms with Crippen molar-refractivity contribution in [3.05, 3.63) is 95.3 Å². The number of carbonyl (C=O) groups excluding carboxylic acids is 2. The molecule has 2 amide bonds. The van der Waals surface area contributed by atoms with Crippen LogP contribution in [0.2, 0.25) is 0 Å². The van der Waals surface area contributed by atoms with Gasteiger partial charge in [-0.3, -0.25) is 19.5 Å². The van der Waals surface area contributed by atoms with Crippen LogP contribution in [-0.4, -0.2) is 52.8 Å². The Morgan fingerprint density at radius 2 is 1.64 bits per heavy atom. The molecule has 6 heteroatoms. The van der Waals surface area contributed by atoms with Crippen molar-refractivity contribution in [2.24, 2.45) is 0 Å². The van der Waals surface area contributed by atoms with Gasteiger partial charge >= 0.3 is 0 Å². The monoisotopic (exact) mass is 484 g/mol. The molecule has 0 unspecified atom stereocenters. The molecular formula is C30H36N4O2. The molecule has 0 saturated heterocycles. The lowest BCUT2D eigenvalue weighted by atomic mass is 10.0. The van der Waals surface area contributed by atoms with E-state index in [9.17, 15) is 9.59 Å². The third-order valence-electron chi connectivity index (χ3n) is 6.87.